The standard InChI is InChI=1S/C14H17N3O3S/c1-9(7-20-2)17-13(19)10-5-3-4-6-11(10)16-14(17)21-8-12(15)18/h3-6,9H,7-8H2,1-2H3,(H2,15,18)/t9-/m0/s1. The summed E-state index contributed by atoms with van der Waals surface area (Å²) in [6, 6.07) is 6.95. The summed E-state index contributed by atoms with van der Waals surface area (Å²) in [4.78, 5) is 28.1. The molecule has 0 radical (unpaired) electrons. The fraction of sp³-hybridized carbons (Fsp3) is 0.357. The summed E-state index contributed by atoms with van der Waals surface area (Å²) < 4.78 is 6.67. The predicted molar refractivity (Wildman–Crippen MR) is 82.5 cm³/mol. The number of nitrogens with zero attached hydrogens (tertiary/aromatic N) is 2. The summed E-state index contributed by atoms with van der Waals surface area (Å²) in [6.45, 7) is 2.25. The van der Waals surface area contributed by atoms with E-state index in [1.807, 2.05) is 13.0 Å². The maximum Gasteiger partial charge on any atom is 0.262 e. The molecule has 7 heteroatoms. The van der Waals surface area contributed by atoms with E-state index in [9.17, 15) is 9.59 Å². The molecule has 6 nitrogen and oxygen atoms in total. The van der Waals surface area contributed by atoms with Crippen LogP contribution in [0.5, 0.6) is 0 Å². The molecule has 0 aliphatic heterocycles. The number of carbonyl (C=O) groups excluding carboxylic acids is 1. The molecule has 0 aliphatic rings. The van der Waals surface area contributed by atoms with E-state index in [0.717, 1.165) is 11.8 Å². The highest BCUT2D eigenvalue weighted by Crippen LogP contribution is 2.20. The van der Waals surface area contributed by atoms with Gasteiger partial charge in [0.15, 0.2) is 5.16 Å². The fourth-order valence-corrected chi connectivity index (χ4v) is 2.90. The Morgan fingerprint density at radius 1 is 1.48 bits per heavy atom. The summed E-state index contributed by atoms with van der Waals surface area (Å²) in [6.07, 6.45) is 0. The van der Waals surface area contributed by atoms with Crippen LogP contribution in [0.25, 0.3) is 10.9 Å². The first-order chi connectivity index (χ1) is 10.0. The molecule has 1 aromatic carbocycles. The van der Waals surface area contributed by atoms with Gasteiger partial charge in [0.25, 0.3) is 5.56 Å². The molecule has 1 atom stereocenters. The van der Waals surface area contributed by atoms with Gasteiger partial charge >= 0.3 is 0 Å². The molecule has 0 fully saturated rings. The van der Waals surface area contributed by atoms with Crippen molar-refractivity contribution in [1.82, 2.24) is 9.55 Å². The molecule has 0 spiro atoms. The lowest BCUT2D eigenvalue weighted by molar-refractivity contribution is -0.115. The number of thioether (sulfide) groups is 1. The van der Waals surface area contributed by atoms with Crippen LogP contribution in [-0.2, 0) is 9.53 Å². The van der Waals surface area contributed by atoms with Gasteiger partial charge in [-0.15, -0.1) is 0 Å². The number of amides is 1. The van der Waals surface area contributed by atoms with Crippen LogP contribution in [0.1, 0.15) is 13.0 Å². The zero-order chi connectivity index (χ0) is 15.4. The number of para-hydroxylation sites is 1. The summed E-state index contributed by atoms with van der Waals surface area (Å²) in [7, 11) is 1.58. The highest BCUT2D eigenvalue weighted by Gasteiger charge is 2.16. The molecule has 21 heavy (non-hydrogen) atoms. The minimum Gasteiger partial charge on any atom is -0.383 e. The van der Waals surface area contributed by atoms with Crippen molar-refractivity contribution in [2.24, 2.45) is 5.73 Å². The number of hydrogen-bond donors (Lipinski definition) is 1. The van der Waals surface area contributed by atoms with E-state index in [0.29, 0.717) is 22.7 Å². The third-order valence-electron chi connectivity index (χ3n) is 2.97. The Bertz CT molecular complexity index is 714. The minimum atomic E-state index is -0.451. The van der Waals surface area contributed by atoms with Gasteiger partial charge in [0, 0.05) is 7.11 Å². The molecule has 0 aliphatic carbocycles. The number of fused-ring (bicyclic) bond motifs is 1. The van der Waals surface area contributed by atoms with Gasteiger partial charge in [-0.3, -0.25) is 14.2 Å². The van der Waals surface area contributed by atoms with E-state index in [-0.39, 0.29) is 17.4 Å². The van der Waals surface area contributed by atoms with Gasteiger partial charge in [-0.25, -0.2) is 4.98 Å². The van der Waals surface area contributed by atoms with E-state index < -0.39 is 5.91 Å². The van der Waals surface area contributed by atoms with Crippen LogP contribution in [0.3, 0.4) is 0 Å². The molecule has 0 bridgehead atoms. The lowest BCUT2D eigenvalue weighted by Crippen LogP contribution is -2.29. The van der Waals surface area contributed by atoms with Gasteiger partial charge in [0.05, 0.1) is 29.3 Å². The predicted octanol–water partition coefficient (Wildman–Crippen LogP) is 1.18. The van der Waals surface area contributed by atoms with Crippen molar-refractivity contribution in [2.45, 2.75) is 18.1 Å². The molecule has 2 rings (SSSR count). The first-order valence-electron chi connectivity index (χ1n) is 6.46. The van der Waals surface area contributed by atoms with Crippen LogP contribution in [0, 0.1) is 0 Å². The van der Waals surface area contributed by atoms with Crippen molar-refractivity contribution >= 4 is 28.6 Å². The second kappa shape index (κ2) is 6.73. The lowest BCUT2D eigenvalue weighted by Gasteiger charge is -2.18. The van der Waals surface area contributed by atoms with Gasteiger partial charge in [0.2, 0.25) is 5.91 Å². The summed E-state index contributed by atoms with van der Waals surface area (Å²) in [5, 5.41) is 1.02. The van der Waals surface area contributed by atoms with Crippen LogP contribution in [-0.4, -0.2) is 34.9 Å². The molecule has 0 saturated carbocycles. The molecule has 2 aromatic rings. The molecule has 1 aromatic heterocycles. The topological polar surface area (TPSA) is 87.2 Å². The second-order valence-corrected chi connectivity index (χ2v) is 5.59. The Hall–Kier alpha value is -1.86. The Labute approximate surface area is 126 Å². The number of carbonyl (C=O) groups is 1. The van der Waals surface area contributed by atoms with Gasteiger partial charge in [-0.1, -0.05) is 23.9 Å². The number of aromatic nitrogens is 2. The first-order valence-corrected chi connectivity index (χ1v) is 7.44. The number of ether oxygens (including phenoxy) is 1. The summed E-state index contributed by atoms with van der Waals surface area (Å²) >= 11 is 1.16. The van der Waals surface area contributed by atoms with Crippen LogP contribution < -0.4 is 11.3 Å². The maximum absolute atomic E-state index is 12.6. The average molecular weight is 307 g/mol. The van der Waals surface area contributed by atoms with E-state index in [2.05, 4.69) is 4.98 Å². The van der Waals surface area contributed by atoms with Crippen molar-refractivity contribution in [2.75, 3.05) is 19.5 Å². The highest BCUT2D eigenvalue weighted by atomic mass is 32.2. The Kier molecular flexibility index (Phi) is 4.98. The fourth-order valence-electron chi connectivity index (χ4n) is 2.07. The molecular formula is C14H17N3O3S. The lowest BCUT2D eigenvalue weighted by atomic mass is 10.2. The Balaban J connectivity index is 2.59. The number of primary amides is 1. The number of benzene rings is 1. The van der Waals surface area contributed by atoms with Gasteiger partial charge in [0.1, 0.15) is 0 Å². The average Bonchev–Trinajstić information content (AvgIpc) is 2.45. The summed E-state index contributed by atoms with van der Waals surface area (Å²) in [5.41, 5.74) is 5.64. The SMILES string of the molecule is COC[C@H](C)n1c(SCC(N)=O)nc2ccccc2c1=O. The maximum atomic E-state index is 12.6. The van der Waals surface area contributed by atoms with E-state index in [1.165, 1.54) is 0 Å². The van der Waals surface area contributed by atoms with Gasteiger partial charge in [-0.05, 0) is 19.1 Å². The molecule has 112 valence electrons. The zero-order valence-corrected chi connectivity index (χ0v) is 12.7. The number of hydrogen-bond acceptors (Lipinski definition) is 5. The van der Waals surface area contributed by atoms with E-state index in [4.69, 9.17) is 10.5 Å². The largest absolute Gasteiger partial charge is 0.383 e. The number of nitrogens with two attached hydrogens (primary N) is 1. The van der Waals surface area contributed by atoms with Crippen molar-refractivity contribution < 1.29 is 9.53 Å². The Morgan fingerprint density at radius 2 is 2.19 bits per heavy atom. The van der Waals surface area contributed by atoms with Crippen LogP contribution >= 0.6 is 11.8 Å². The van der Waals surface area contributed by atoms with Crippen LogP contribution in [0.4, 0.5) is 0 Å². The molecule has 0 unspecified atom stereocenters. The molecule has 1 amide bonds. The van der Waals surface area contributed by atoms with Crippen LogP contribution in [0.15, 0.2) is 34.2 Å². The quantitative estimate of drug-likeness (QED) is 0.639. The van der Waals surface area contributed by atoms with Gasteiger partial charge < -0.3 is 10.5 Å². The number of rotatable bonds is 6. The minimum absolute atomic E-state index is 0.0739. The van der Waals surface area contributed by atoms with E-state index in [1.54, 1.807) is 29.9 Å². The van der Waals surface area contributed by atoms with Crippen molar-refractivity contribution in [3.05, 3.63) is 34.6 Å². The third kappa shape index (κ3) is 3.43. The Morgan fingerprint density at radius 3 is 2.86 bits per heavy atom. The van der Waals surface area contributed by atoms with Crippen LogP contribution in [0.2, 0.25) is 0 Å². The first kappa shape index (κ1) is 15.5. The van der Waals surface area contributed by atoms with E-state index >= 15 is 0 Å². The zero-order valence-electron chi connectivity index (χ0n) is 11.9. The molecule has 1 heterocycles. The smallest absolute Gasteiger partial charge is 0.262 e. The normalized spacial score (nSPS) is 12.5. The van der Waals surface area contributed by atoms with Crippen molar-refractivity contribution in [1.29, 1.82) is 0 Å². The second-order valence-electron chi connectivity index (χ2n) is 4.65. The highest BCUT2D eigenvalue weighted by molar-refractivity contribution is 7.99. The molecule has 0 saturated heterocycles. The number of methoxy groups -OCH3 is 1. The molecule has 2 N–H and O–H groups in total. The monoisotopic (exact) mass is 307 g/mol. The van der Waals surface area contributed by atoms with Crippen molar-refractivity contribution in [3.63, 3.8) is 0 Å². The molecular weight excluding hydrogens is 290 g/mol. The summed E-state index contributed by atoms with van der Waals surface area (Å²) in [5.74, 6) is -0.377. The van der Waals surface area contributed by atoms with Crippen molar-refractivity contribution in [3.8, 4) is 0 Å². The third-order valence-corrected chi connectivity index (χ3v) is 3.94. The van der Waals surface area contributed by atoms with Gasteiger partial charge in [-0.2, -0.15) is 0 Å².